The molecule has 0 aliphatic carbocycles. The van der Waals surface area contributed by atoms with E-state index in [1.807, 2.05) is 16.3 Å². The van der Waals surface area contributed by atoms with Crippen LogP contribution in [0.5, 0.6) is 0 Å². The van der Waals surface area contributed by atoms with Crippen LogP contribution in [-0.4, -0.2) is 43.2 Å². The second-order valence-corrected chi connectivity index (χ2v) is 6.24. The maximum absolute atomic E-state index is 10.6. The Morgan fingerprint density at radius 3 is 3.12 bits per heavy atom. The third kappa shape index (κ3) is 2.48. The lowest BCUT2D eigenvalue weighted by molar-refractivity contribution is 0.188. The average molecular weight is 317 g/mol. The Hall–Kier alpha value is -0.205. The zero-order chi connectivity index (χ0) is 12.5. The van der Waals surface area contributed by atoms with E-state index in [0.717, 1.165) is 15.5 Å². The smallest absolute Gasteiger partial charge is 0.281 e. The number of aliphatic hydroxyl groups is 1. The topological polar surface area (TPSA) is 66.6 Å². The minimum atomic E-state index is -0.547. The molecule has 7 heteroatoms. The molecular weight excluding hydrogens is 303 g/mol. The van der Waals surface area contributed by atoms with Gasteiger partial charge in [0.05, 0.1) is 11.7 Å². The molecule has 0 spiro atoms. The van der Waals surface area contributed by atoms with Gasteiger partial charge in [0.25, 0.3) is 7.41 Å². The van der Waals surface area contributed by atoms with Crippen molar-refractivity contribution in [3.8, 4) is 0 Å². The number of thiophene rings is 1. The van der Waals surface area contributed by atoms with Gasteiger partial charge in [0.1, 0.15) is 0 Å². The van der Waals surface area contributed by atoms with Crippen LogP contribution in [0.3, 0.4) is 0 Å². The number of rotatable bonds is 4. The van der Waals surface area contributed by atoms with Crippen LogP contribution in [-0.2, 0) is 10.3 Å². The highest BCUT2D eigenvalue weighted by atomic mass is 79.9. The summed E-state index contributed by atoms with van der Waals surface area (Å²) in [6, 6.07) is 2.00. The number of nitrogens with zero attached hydrogens (tertiary/aromatic N) is 1. The van der Waals surface area contributed by atoms with Crippen LogP contribution in [0.15, 0.2) is 15.9 Å². The van der Waals surface area contributed by atoms with Gasteiger partial charge in [-0.25, -0.2) is 0 Å². The quantitative estimate of drug-likeness (QED) is 0.612. The van der Waals surface area contributed by atoms with Gasteiger partial charge in [-0.3, -0.25) is 0 Å². The minimum absolute atomic E-state index is 0.0204. The zero-order valence-electron chi connectivity index (χ0n) is 9.30. The molecule has 1 aliphatic rings. The first-order chi connectivity index (χ1) is 8.10. The normalized spacial score (nSPS) is 29.5. The molecular formula is C10H14BBrN2O2S. The van der Waals surface area contributed by atoms with Crippen LogP contribution in [0.25, 0.3) is 0 Å². The van der Waals surface area contributed by atoms with Crippen molar-refractivity contribution in [1.82, 2.24) is 4.81 Å². The second kappa shape index (κ2) is 5.20. The number of halogens is 1. The number of hydrogen-bond acceptors (Lipinski definition) is 5. The third-order valence-electron chi connectivity index (χ3n) is 3.27. The van der Waals surface area contributed by atoms with Crippen molar-refractivity contribution < 1.29 is 9.90 Å². The van der Waals surface area contributed by atoms with Crippen LogP contribution >= 0.6 is 27.3 Å². The van der Waals surface area contributed by atoms with E-state index in [-0.39, 0.29) is 12.5 Å². The fourth-order valence-corrected chi connectivity index (χ4v) is 3.95. The van der Waals surface area contributed by atoms with E-state index < -0.39 is 5.54 Å². The van der Waals surface area contributed by atoms with Gasteiger partial charge in [-0.1, -0.05) is 0 Å². The van der Waals surface area contributed by atoms with Crippen molar-refractivity contribution in [1.29, 1.82) is 0 Å². The molecule has 2 heterocycles. The first-order valence-corrected chi connectivity index (χ1v) is 7.07. The van der Waals surface area contributed by atoms with E-state index in [1.54, 1.807) is 11.3 Å². The molecule has 0 amide bonds. The molecule has 0 radical (unpaired) electrons. The summed E-state index contributed by atoms with van der Waals surface area (Å²) in [5.41, 5.74) is 5.89. The van der Waals surface area contributed by atoms with Gasteiger partial charge in [0.15, 0.2) is 0 Å². The van der Waals surface area contributed by atoms with Crippen LogP contribution in [0.1, 0.15) is 4.88 Å². The van der Waals surface area contributed by atoms with Crippen molar-refractivity contribution >= 4 is 40.9 Å². The van der Waals surface area contributed by atoms with Gasteiger partial charge < -0.3 is 20.4 Å². The standard InChI is InChI=1S/C10H14BBrN2O2S/c12-8-1-9(17-4-8)10(13)5-14(11-6-16)2-7(10)3-15/h1,4,6-7,11,15H,2-3,5,13H2. The van der Waals surface area contributed by atoms with Gasteiger partial charge in [0, 0.05) is 33.8 Å². The number of hydrogen-bond donors (Lipinski definition) is 2. The Morgan fingerprint density at radius 1 is 1.82 bits per heavy atom. The summed E-state index contributed by atoms with van der Waals surface area (Å²) in [7, 11) is 0.377. The fourth-order valence-electron chi connectivity index (χ4n) is 2.34. The summed E-state index contributed by atoms with van der Waals surface area (Å²) in [6.45, 7) is 1.33. The molecule has 1 fully saturated rings. The Labute approximate surface area is 113 Å². The maximum atomic E-state index is 10.6. The molecule has 2 atom stereocenters. The number of carbonyl (C=O) groups is 1. The summed E-state index contributed by atoms with van der Waals surface area (Å²) in [6.07, 6.45) is 0.879. The first kappa shape index (κ1) is 13.2. The van der Waals surface area contributed by atoms with Gasteiger partial charge in [0.2, 0.25) is 0 Å². The molecule has 92 valence electrons. The molecule has 1 saturated heterocycles. The lowest BCUT2D eigenvalue weighted by Gasteiger charge is -2.28. The molecule has 17 heavy (non-hydrogen) atoms. The van der Waals surface area contributed by atoms with Crippen molar-refractivity contribution in [2.24, 2.45) is 11.7 Å². The van der Waals surface area contributed by atoms with E-state index in [1.165, 1.54) is 0 Å². The molecule has 4 nitrogen and oxygen atoms in total. The van der Waals surface area contributed by atoms with E-state index >= 15 is 0 Å². The highest BCUT2D eigenvalue weighted by molar-refractivity contribution is 9.10. The highest BCUT2D eigenvalue weighted by Crippen LogP contribution is 2.38. The first-order valence-electron chi connectivity index (χ1n) is 5.40. The zero-order valence-corrected chi connectivity index (χ0v) is 11.7. The maximum Gasteiger partial charge on any atom is 0.281 e. The number of aliphatic hydroxyl groups excluding tert-OH is 1. The van der Waals surface area contributed by atoms with Crippen LogP contribution in [0.4, 0.5) is 0 Å². The van der Waals surface area contributed by atoms with Gasteiger partial charge >= 0.3 is 0 Å². The monoisotopic (exact) mass is 316 g/mol. The third-order valence-corrected chi connectivity index (χ3v) is 5.16. The predicted molar refractivity (Wildman–Crippen MR) is 73.9 cm³/mol. The molecule has 1 aromatic rings. The number of nitrogens with two attached hydrogens (primary N) is 1. The number of carbonyl (C=O) groups excluding carboxylic acids is 1. The summed E-state index contributed by atoms with van der Waals surface area (Å²) in [4.78, 5) is 13.6. The van der Waals surface area contributed by atoms with Crippen LogP contribution in [0, 0.1) is 5.92 Å². The largest absolute Gasteiger partial charge is 0.396 e. The van der Waals surface area contributed by atoms with Gasteiger partial charge in [-0.2, -0.15) is 0 Å². The van der Waals surface area contributed by atoms with Crippen molar-refractivity contribution in [2.75, 3.05) is 19.7 Å². The molecule has 0 saturated carbocycles. The van der Waals surface area contributed by atoms with E-state index in [4.69, 9.17) is 5.73 Å². The molecule has 2 unspecified atom stereocenters. The summed E-state index contributed by atoms with van der Waals surface area (Å²) >= 11 is 5.00. The molecule has 1 aromatic heterocycles. The van der Waals surface area contributed by atoms with Crippen LogP contribution in [0.2, 0.25) is 0 Å². The van der Waals surface area contributed by atoms with Crippen molar-refractivity contribution in [3.05, 3.63) is 20.8 Å². The molecule has 2 rings (SSSR count). The Balaban J connectivity index is 2.25. The van der Waals surface area contributed by atoms with Gasteiger partial charge in [-0.15, -0.1) is 11.3 Å². The van der Waals surface area contributed by atoms with E-state index in [0.29, 0.717) is 20.5 Å². The van der Waals surface area contributed by atoms with Crippen molar-refractivity contribution in [2.45, 2.75) is 5.54 Å². The molecule has 0 bridgehead atoms. The molecule has 1 aliphatic heterocycles. The van der Waals surface area contributed by atoms with Crippen LogP contribution < -0.4 is 5.73 Å². The lowest BCUT2D eigenvalue weighted by atomic mass is 9.87. The van der Waals surface area contributed by atoms with Crippen molar-refractivity contribution in [3.63, 3.8) is 0 Å². The summed E-state index contributed by atoms with van der Waals surface area (Å²) < 4.78 is 1.01. The summed E-state index contributed by atoms with van der Waals surface area (Å²) in [5, 5.41) is 11.4. The van der Waals surface area contributed by atoms with E-state index in [9.17, 15) is 9.90 Å². The summed E-state index contributed by atoms with van der Waals surface area (Å²) in [5.74, 6) is -0.0204. The molecule has 0 aromatic carbocycles. The SMILES string of the molecule is NC1(c2cc(Br)cs2)CN(BC=O)CC1CO. The van der Waals surface area contributed by atoms with Gasteiger partial charge in [-0.05, 0) is 28.5 Å². The van der Waals surface area contributed by atoms with E-state index in [2.05, 4.69) is 15.9 Å². The minimum Gasteiger partial charge on any atom is -0.396 e. The Morgan fingerprint density at radius 2 is 2.59 bits per heavy atom. The highest BCUT2D eigenvalue weighted by Gasteiger charge is 2.45. The fraction of sp³-hybridized carbons (Fsp3) is 0.500. The predicted octanol–water partition coefficient (Wildman–Crippen LogP) is 0.130. The Bertz CT molecular complexity index is 417. The Kier molecular flexibility index (Phi) is 4.04. The lowest BCUT2D eigenvalue weighted by Crippen LogP contribution is -2.45. The molecule has 3 N–H and O–H groups in total. The second-order valence-electron chi connectivity index (χ2n) is 4.41. The average Bonchev–Trinajstić information content (AvgIpc) is 2.84.